The van der Waals surface area contributed by atoms with E-state index in [0.717, 1.165) is 56.7 Å². The summed E-state index contributed by atoms with van der Waals surface area (Å²) in [6.07, 6.45) is 10.8. The molecule has 0 saturated carbocycles. The van der Waals surface area contributed by atoms with Crippen molar-refractivity contribution >= 4 is 54.7 Å². The van der Waals surface area contributed by atoms with Crippen molar-refractivity contribution < 1.29 is 17.9 Å². The van der Waals surface area contributed by atoms with Crippen LogP contribution < -0.4 is 20.3 Å². The molecule has 15 nitrogen and oxygen atoms in total. The number of benzene rings is 3. The number of nitrogens with two attached hydrogens (primary N) is 1. The van der Waals surface area contributed by atoms with Gasteiger partial charge in [-0.2, -0.15) is 10.2 Å². The van der Waals surface area contributed by atoms with Crippen molar-refractivity contribution in [2.24, 2.45) is 5.14 Å². The average molecular weight is 963 g/mol. The van der Waals surface area contributed by atoms with Gasteiger partial charge in [0.05, 0.1) is 21.8 Å². The minimum atomic E-state index is -3.82. The first kappa shape index (κ1) is 45.7. The molecule has 4 atom stereocenters. The van der Waals surface area contributed by atoms with Crippen LogP contribution >= 0.6 is 15.9 Å². The largest absolute Gasteiger partial charge is 0.444 e. The molecule has 3 N–H and O–H groups in total. The van der Waals surface area contributed by atoms with Gasteiger partial charge in [-0.3, -0.25) is 0 Å². The molecule has 340 valence electrons. The number of ether oxygens (including phenoxy) is 1. The van der Waals surface area contributed by atoms with Gasteiger partial charge in [0.25, 0.3) is 0 Å². The fourth-order valence-corrected chi connectivity index (χ4v) is 10.1. The highest BCUT2D eigenvalue weighted by Gasteiger charge is 2.34. The predicted octanol–water partition coefficient (Wildman–Crippen LogP) is 8.20. The molecule has 65 heavy (non-hydrogen) atoms. The number of aryl methyl sites for hydroxylation is 1. The summed E-state index contributed by atoms with van der Waals surface area (Å²) in [6, 6.07) is 23.4. The van der Waals surface area contributed by atoms with Crippen LogP contribution in [0.25, 0.3) is 44.7 Å². The first-order valence-electron chi connectivity index (χ1n) is 21.8. The second-order valence-electron chi connectivity index (χ2n) is 18.1. The zero-order valence-corrected chi connectivity index (χ0v) is 40.4. The SMILES string of the molecule is C[C@@H]1CN(C(=O)OC(C)(C)C)C[C@H](C)N1c1ccc(-c2cnc3c(Br)cnn3c2)cc1.Cc1ccc(-c2cnn3cc(-c4ccc(N5[C@H](C)CNC[C@@H]5C)cc4)cnc23)cc1S(N)(=O)=O. The number of nitrogens with zero attached hydrogens (tertiary/aromatic N) is 9. The molecular weight excluding hydrogens is 907 g/mol. The van der Waals surface area contributed by atoms with Crippen LogP contribution in [0.2, 0.25) is 0 Å². The number of amides is 1. The van der Waals surface area contributed by atoms with E-state index in [-0.39, 0.29) is 23.1 Å². The summed E-state index contributed by atoms with van der Waals surface area (Å²) in [7, 11) is -3.82. The predicted molar refractivity (Wildman–Crippen MR) is 260 cm³/mol. The van der Waals surface area contributed by atoms with Crippen LogP contribution in [-0.4, -0.2) is 105 Å². The molecule has 0 aliphatic carbocycles. The Morgan fingerprint density at radius 2 is 1.20 bits per heavy atom. The molecule has 9 rings (SSSR count). The summed E-state index contributed by atoms with van der Waals surface area (Å²) < 4.78 is 33.8. The lowest BCUT2D eigenvalue weighted by atomic mass is 10.0. The molecule has 0 spiro atoms. The minimum Gasteiger partial charge on any atom is -0.444 e. The highest BCUT2D eigenvalue weighted by atomic mass is 79.9. The lowest BCUT2D eigenvalue weighted by Gasteiger charge is -2.45. The molecule has 2 fully saturated rings. The Morgan fingerprint density at radius 3 is 1.74 bits per heavy atom. The van der Waals surface area contributed by atoms with Crippen molar-refractivity contribution in [2.75, 3.05) is 36.0 Å². The Kier molecular flexibility index (Phi) is 12.8. The van der Waals surface area contributed by atoms with Crippen molar-refractivity contribution in [2.45, 2.75) is 90.1 Å². The van der Waals surface area contributed by atoms with Crippen LogP contribution in [0.1, 0.15) is 54.0 Å². The lowest BCUT2D eigenvalue weighted by Crippen LogP contribution is -2.58. The van der Waals surface area contributed by atoms with Gasteiger partial charge in [-0.25, -0.2) is 37.4 Å². The number of hydrogen-bond acceptors (Lipinski definition) is 11. The van der Waals surface area contributed by atoms with Crippen molar-refractivity contribution in [1.29, 1.82) is 0 Å². The van der Waals surface area contributed by atoms with Gasteiger partial charge >= 0.3 is 6.09 Å². The van der Waals surface area contributed by atoms with Crippen LogP contribution in [0.4, 0.5) is 16.2 Å². The molecule has 2 aliphatic rings. The van der Waals surface area contributed by atoms with E-state index in [0.29, 0.717) is 41.9 Å². The number of fused-ring (bicyclic) bond motifs is 2. The average Bonchev–Trinajstić information content (AvgIpc) is 3.86. The summed E-state index contributed by atoms with van der Waals surface area (Å²) >= 11 is 3.46. The van der Waals surface area contributed by atoms with Gasteiger partial charge in [-0.1, -0.05) is 36.4 Å². The Hall–Kier alpha value is -5.88. The third kappa shape index (κ3) is 9.88. The summed E-state index contributed by atoms with van der Waals surface area (Å²) in [6.45, 7) is 19.4. The standard InChI is InChI=1S/C25H28N6O2S.C23H28BrN5O2/c1-16-4-5-20(10-24(16)34(26,32)33)23-14-29-30-15-21(13-28-25(23)30)19-6-8-22(9-7-19)31-17(2)11-27-12-18(31)3;1-15-12-27(22(30)31-23(3,4)5)13-16(2)29(15)19-8-6-17(7-9-19)18-10-25-21-20(24)11-26-28(21)14-18/h4-10,13-15,17-18,27H,11-12H2,1-3H3,(H2,26,32,33);6-11,14-16H,12-13H2,1-5H3/t17-,18+;15-,16+. The maximum Gasteiger partial charge on any atom is 0.410 e. The van der Waals surface area contributed by atoms with Gasteiger partial charge in [-0.15, -0.1) is 0 Å². The number of anilines is 2. The molecule has 0 bridgehead atoms. The molecule has 7 aromatic rings. The first-order chi connectivity index (χ1) is 30.8. The smallest absolute Gasteiger partial charge is 0.410 e. The van der Waals surface area contributed by atoms with E-state index in [1.54, 1.807) is 40.5 Å². The van der Waals surface area contributed by atoms with Gasteiger partial charge in [0.1, 0.15) is 5.60 Å². The van der Waals surface area contributed by atoms with E-state index < -0.39 is 15.6 Å². The fourth-order valence-electron chi connectivity index (χ4n) is 8.90. The molecule has 6 heterocycles. The molecular formula is C48H56BrN11O4S. The molecule has 0 unspecified atom stereocenters. The quantitative estimate of drug-likeness (QED) is 0.165. The Morgan fingerprint density at radius 1 is 0.708 bits per heavy atom. The molecule has 17 heteroatoms. The first-order valence-corrected chi connectivity index (χ1v) is 24.1. The number of carbonyl (C=O) groups is 1. The van der Waals surface area contributed by atoms with Crippen molar-refractivity contribution in [3.05, 3.63) is 114 Å². The van der Waals surface area contributed by atoms with E-state index in [9.17, 15) is 13.2 Å². The van der Waals surface area contributed by atoms with E-state index in [2.05, 4.69) is 127 Å². The van der Waals surface area contributed by atoms with Gasteiger partial charge < -0.3 is 24.8 Å². The number of primary sulfonamides is 1. The highest BCUT2D eigenvalue weighted by molar-refractivity contribution is 9.10. The van der Waals surface area contributed by atoms with E-state index in [1.807, 2.05) is 56.5 Å². The number of aromatic nitrogens is 6. The summed E-state index contributed by atoms with van der Waals surface area (Å²) in [5.41, 5.74) is 9.45. The van der Waals surface area contributed by atoms with Crippen molar-refractivity contribution in [3.8, 4) is 33.4 Å². The maximum atomic E-state index is 12.5. The summed E-state index contributed by atoms with van der Waals surface area (Å²) in [5, 5.41) is 17.6. The number of halogens is 1. The lowest BCUT2D eigenvalue weighted by molar-refractivity contribution is 0.0193. The Bertz CT molecular complexity index is 2930. The van der Waals surface area contributed by atoms with Crippen LogP contribution in [0, 0.1) is 6.92 Å². The second-order valence-corrected chi connectivity index (χ2v) is 20.5. The number of carbonyl (C=O) groups excluding carboxylic acids is 1. The molecule has 2 saturated heterocycles. The zero-order chi connectivity index (χ0) is 46.4. The fraction of sp³-hybridized carbons (Fsp3) is 0.354. The van der Waals surface area contributed by atoms with Crippen LogP contribution in [0.3, 0.4) is 0 Å². The molecule has 3 aromatic carbocycles. The van der Waals surface area contributed by atoms with E-state index in [4.69, 9.17) is 9.88 Å². The summed E-state index contributed by atoms with van der Waals surface area (Å²) in [5.74, 6) is 0. The molecule has 2 aliphatic heterocycles. The van der Waals surface area contributed by atoms with Crippen molar-refractivity contribution in [1.82, 2.24) is 39.4 Å². The zero-order valence-electron chi connectivity index (χ0n) is 38.0. The number of sulfonamides is 1. The van der Waals surface area contributed by atoms with Gasteiger partial charge in [0.2, 0.25) is 10.0 Å². The van der Waals surface area contributed by atoms with Crippen LogP contribution in [0.15, 0.2) is 113 Å². The third-order valence-electron chi connectivity index (χ3n) is 11.9. The monoisotopic (exact) mass is 961 g/mol. The second kappa shape index (κ2) is 18.2. The highest BCUT2D eigenvalue weighted by Crippen LogP contribution is 2.32. The number of nitrogens with one attached hydrogen (secondary N) is 1. The van der Waals surface area contributed by atoms with E-state index >= 15 is 0 Å². The molecule has 4 aromatic heterocycles. The van der Waals surface area contributed by atoms with Crippen LogP contribution in [-0.2, 0) is 14.8 Å². The molecule has 1 amide bonds. The topological polar surface area (TPSA) is 169 Å². The Labute approximate surface area is 388 Å². The van der Waals surface area contributed by atoms with Crippen LogP contribution in [0.5, 0.6) is 0 Å². The minimum absolute atomic E-state index is 0.106. The number of rotatable bonds is 6. The van der Waals surface area contributed by atoms with E-state index in [1.165, 1.54) is 5.69 Å². The number of hydrogen-bond donors (Lipinski definition) is 2. The van der Waals surface area contributed by atoms with Crippen molar-refractivity contribution in [3.63, 3.8) is 0 Å². The normalized spacial score (nSPS) is 19.3. The maximum absolute atomic E-state index is 12.5. The summed E-state index contributed by atoms with van der Waals surface area (Å²) in [4.78, 5) is 28.4. The van der Waals surface area contributed by atoms with Gasteiger partial charge in [-0.05, 0) is 124 Å². The molecule has 0 radical (unpaired) electrons. The van der Waals surface area contributed by atoms with Gasteiger partial charge in [0.15, 0.2) is 11.3 Å². The Balaban J connectivity index is 0.000000178. The third-order valence-corrected chi connectivity index (χ3v) is 13.5. The van der Waals surface area contributed by atoms with Gasteiger partial charge in [0, 0.05) is 103 Å². The number of piperazine rings is 2.